The van der Waals surface area contributed by atoms with E-state index in [1.165, 1.54) is 5.56 Å². The zero-order chi connectivity index (χ0) is 12.8. The van der Waals surface area contributed by atoms with Crippen molar-refractivity contribution in [1.82, 2.24) is 10.3 Å². The summed E-state index contributed by atoms with van der Waals surface area (Å²) in [6.07, 6.45) is 3.59. The van der Waals surface area contributed by atoms with Crippen molar-refractivity contribution in [2.45, 2.75) is 23.3 Å². The Hall–Kier alpha value is -1.03. The van der Waals surface area contributed by atoms with Crippen LogP contribution in [0.5, 0.6) is 0 Å². The van der Waals surface area contributed by atoms with E-state index in [0.29, 0.717) is 0 Å². The molecule has 1 heterocycles. The number of nitrogens with one attached hydrogen (secondary N) is 1. The third-order valence-electron chi connectivity index (χ3n) is 2.48. The average molecular weight is 279 g/mol. The van der Waals surface area contributed by atoms with Gasteiger partial charge in [-0.25, -0.2) is 0 Å². The summed E-state index contributed by atoms with van der Waals surface area (Å²) in [5.74, 6) is 0. The van der Waals surface area contributed by atoms with Gasteiger partial charge < -0.3 is 5.32 Å². The number of benzene rings is 1. The van der Waals surface area contributed by atoms with E-state index < -0.39 is 0 Å². The van der Waals surface area contributed by atoms with Crippen molar-refractivity contribution in [2.75, 3.05) is 6.54 Å². The Morgan fingerprint density at radius 2 is 2.00 bits per heavy atom. The number of hydrogen-bond acceptors (Lipinski definition) is 3. The molecule has 2 rings (SSSR count). The molecule has 0 saturated heterocycles. The van der Waals surface area contributed by atoms with Crippen LogP contribution in [0.15, 0.2) is 52.5 Å². The van der Waals surface area contributed by atoms with Crippen LogP contribution in [0.1, 0.15) is 12.5 Å². The maximum atomic E-state index is 6.29. The summed E-state index contributed by atoms with van der Waals surface area (Å²) in [5.41, 5.74) is 1.23. The van der Waals surface area contributed by atoms with Crippen LogP contribution >= 0.6 is 23.4 Å². The number of pyridine rings is 1. The molecular weight excluding hydrogens is 264 g/mol. The first-order valence-electron chi connectivity index (χ1n) is 5.87. The molecule has 2 nitrogen and oxygen atoms in total. The van der Waals surface area contributed by atoms with E-state index >= 15 is 0 Å². The van der Waals surface area contributed by atoms with Gasteiger partial charge in [0.1, 0.15) is 0 Å². The van der Waals surface area contributed by atoms with Crippen molar-refractivity contribution in [3.8, 4) is 0 Å². The number of rotatable bonds is 5. The van der Waals surface area contributed by atoms with Gasteiger partial charge in [0.05, 0.1) is 5.02 Å². The Kier molecular flexibility index (Phi) is 5.05. The zero-order valence-electron chi connectivity index (χ0n) is 10.2. The van der Waals surface area contributed by atoms with Crippen molar-refractivity contribution in [1.29, 1.82) is 0 Å². The van der Waals surface area contributed by atoms with Crippen molar-refractivity contribution in [3.63, 3.8) is 0 Å². The third-order valence-corrected chi connectivity index (χ3v) is 4.10. The minimum Gasteiger partial charge on any atom is -0.313 e. The maximum absolute atomic E-state index is 6.29. The summed E-state index contributed by atoms with van der Waals surface area (Å²) in [6, 6.07) is 10.0. The molecular formula is C14H15ClN2S. The second kappa shape index (κ2) is 6.78. The van der Waals surface area contributed by atoms with Crippen LogP contribution in [0.3, 0.4) is 0 Å². The first-order valence-corrected chi connectivity index (χ1v) is 7.06. The Morgan fingerprint density at radius 3 is 2.72 bits per heavy atom. The fourth-order valence-corrected chi connectivity index (χ4v) is 2.83. The third kappa shape index (κ3) is 3.48. The molecule has 0 bridgehead atoms. The van der Waals surface area contributed by atoms with Crippen LogP contribution in [-0.4, -0.2) is 11.5 Å². The molecule has 0 spiro atoms. The van der Waals surface area contributed by atoms with Crippen molar-refractivity contribution in [2.24, 2.45) is 0 Å². The molecule has 0 amide bonds. The van der Waals surface area contributed by atoms with E-state index in [1.807, 2.05) is 24.3 Å². The second-order valence-corrected chi connectivity index (χ2v) is 5.28. The summed E-state index contributed by atoms with van der Waals surface area (Å²) < 4.78 is 0. The van der Waals surface area contributed by atoms with Crippen molar-refractivity contribution in [3.05, 3.63) is 53.3 Å². The fourth-order valence-electron chi connectivity index (χ4n) is 1.59. The van der Waals surface area contributed by atoms with E-state index in [4.69, 9.17) is 11.6 Å². The largest absolute Gasteiger partial charge is 0.313 e. The quantitative estimate of drug-likeness (QED) is 0.895. The lowest BCUT2D eigenvalue weighted by atomic mass is 10.2. The van der Waals surface area contributed by atoms with Gasteiger partial charge in [-0.2, -0.15) is 0 Å². The van der Waals surface area contributed by atoms with E-state index in [2.05, 4.69) is 23.3 Å². The molecule has 0 aliphatic carbocycles. The van der Waals surface area contributed by atoms with Gasteiger partial charge in [-0.3, -0.25) is 4.98 Å². The topological polar surface area (TPSA) is 24.9 Å². The van der Waals surface area contributed by atoms with Crippen LogP contribution in [0.2, 0.25) is 5.02 Å². The van der Waals surface area contributed by atoms with Crippen LogP contribution < -0.4 is 5.32 Å². The van der Waals surface area contributed by atoms with Gasteiger partial charge in [0, 0.05) is 28.7 Å². The summed E-state index contributed by atoms with van der Waals surface area (Å²) in [7, 11) is 0. The van der Waals surface area contributed by atoms with Gasteiger partial charge in [-0.15, -0.1) is 0 Å². The molecule has 0 aliphatic rings. The molecule has 94 valence electrons. The van der Waals surface area contributed by atoms with Gasteiger partial charge >= 0.3 is 0 Å². The van der Waals surface area contributed by atoms with Gasteiger partial charge in [0.25, 0.3) is 0 Å². The van der Waals surface area contributed by atoms with Gasteiger partial charge in [0.15, 0.2) is 0 Å². The summed E-state index contributed by atoms with van der Waals surface area (Å²) in [5, 5.41) is 4.13. The standard InChI is InChI=1S/C14H15ClN2S/c1-2-16-10-11-4-3-5-13(15)14(11)18-12-6-8-17-9-7-12/h3-9,16H,2,10H2,1H3. The van der Waals surface area contributed by atoms with Crippen LogP contribution in [-0.2, 0) is 6.54 Å². The molecule has 0 aliphatic heterocycles. The van der Waals surface area contributed by atoms with Gasteiger partial charge in [-0.1, -0.05) is 42.4 Å². The molecule has 0 fully saturated rings. The molecule has 18 heavy (non-hydrogen) atoms. The average Bonchev–Trinajstić information content (AvgIpc) is 2.41. The lowest BCUT2D eigenvalue weighted by Gasteiger charge is -2.11. The molecule has 1 N–H and O–H groups in total. The van der Waals surface area contributed by atoms with E-state index in [9.17, 15) is 0 Å². The van der Waals surface area contributed by atoms with Crippen molar-refractivity contribution < 1.29 is 0 Å². The number of halogens is 1. The van der Waals surface area contributed by atoms with Crippen LogP contribution in [0.4, 0.5) is 0 Å². The summed E-state index contributed by atoms with van der Waals surface area (Å²) in [6.45, 7) is 3.89. The predicted molar refractivity (Wildman–Crippen MR) is 77.2 cm³/mol. The monoisotopic (exact) mass is 278 g/mol. The lowest BCUT2D eigenvalue weighted by Crippen LogP contribution is -2.12. The Balaban J connectivity index is 2.25. The summed E-state index contributed by atoms with van der Waals surface area (Å²) in [4.78, 5) is 6.29. The van der Waals surface area contributed by atoms with Gasteiger partial charge in [0.2, 0.25) is 0 Å². The Bertz CT molecular complexity index is 502. The molecule has 0 unspecified atom stereocenters. The highest BCUT2D eigenvalue weighted by molar-refractivity contribution is 7.99. The molecule has 0 radical (unpaired) electrons. The number of hydrogen-bond donors (Lipinski definition) is 1. The van der Waals surface area contributed by atoms with Crippen molar-refractivity contribution >= 4 is 23.4 Å². The van der Waals surface area contributed by atoms with E-state index in [1.54, 1.807) is 24.2 Å². The zero-order valence-corrected chi connectivity index (χ0v) is 11.8. The van der Waals surface area contributed by atoms with Gasteiger partial charge in [-0.05, 0) is 30.3 Å². The Labute approximate surface area is 117 Å². The molecule has 4 heteroatoms. The first kappa shape index (κ1) is 13.4. The molecule has 1 aromatic carbocycles. The van der Waals surface area contributed by atoms with Crippen LogP contribution in [0.25, 0.3) is 0 Å². The highest BCUT2D eigenvalue weighted by Gasteiger charge is 2.08. The summed E-state index contributed by atoms with van der Waals surface area (Å²) >= 11 is 7.97. The smallest absolute Gasteiger partial charge is 0.0548 e. The molecule has 0 saturated carbocycles. The maximum Gasteiger partial charge on any atom is 0.0548 e. The lowest BCUT2D eigenvalue weighted by molar-refractivity contribution is 0.718. The molecule has 0 atom stereocenters. The minimum atomic E-state index is 0.798. The number of aromatic nitrogens is 1. The van der Waals surface area contributed by atoms with Crippen LogP contribution in [0, 0.1) is 0 Å². The first-order chi connectivity index (χ1) is 8.81. The highest BCUT2D eigenvalue weighted by atomic mass is 35.5. The Morgan fingerprint density at radius 1 is 1.22 bits per heavy atom. The number of nitrogens with zero attached hydrogens (tertiary/aromatic N) is 1. The minimum absolute atomic E-state index is 0.798. The second-order valence-electron chi connectivity index (χ2n) is 3.79. The van der Waals surface area contributed by atoms with E-state index in [-0.39, 0.29) is 0 Å². The SMILES string of the molecule is CCNCc1cccc(Cl)c1Sc1ccncc1. The highest BCUT2D eigenvalue weighted by Crippen LogP contribution is 2.35. The fraction of sp³-hybridized carbons (Fsp3) is 0.214. The predicted octanol–water partition coefficient (Wildman–Crippen LogP) is 4.00. The van der Waals surface area contributed by atoms with E-state index in [0.717, 1.165) is 27.9 Å². The normalized spacial score (nSPS) is 10.6. The molecule has 2 aromatic rings. The molecule has 1 aromatic heterocycles.